The van der Waals surface area contributed by atoms with Crippen LogP contribution in [0, 0.1) is 5.41 Å². The van der Waals surface area contributed by atoms with Crippen LogP contribution in [0.1, 0.15) is 53.9 Å². The summed E-state index contributed by atoms with van der Waals surface area (Å²) in [5, 5.41) is 0. The van der Waals surface area contributed by atoms with Gasteiger partial charge in [-0.05, 0) is 74.3 Å². The van der Waals surface area contributed by atoms with Crippen LogP contribution in [0.2, 0.25) is 0 Å². The summed E-state index contributed by atoms with van der Waals surface area (Å²) in [6, 6.07) is 0. The van der Waals surface area contributed by atoms with Crippen molar-refractivity contribution in [2.75, 3.05) is 0 Å². The van der Waals surface area contributed by atoms with Gasteiger partial charge in [-0.1, -0.05) is 37.6 Å². The quantitative estimate of drug-likeness (QED) is 0.345. The van der Waals surface area contributed by atoms with Gasteiger partial charge in [0, 0.05) is 0 Å². The first-order valence-electron chi connectivity index (χ1n) is 7.83. The molecule has 0 saturated heterocycles. The average molecular weight is 302 g/mol. The average Bonchev–Trinajstić information content (AvgIpc) is 2.42. The van der Waals surface area contributed by atoms with Crippen molar-refractivity contribution in [3.05, 3.63) is 58.5 Å². The van der Waals surface area contributed by atoms with E-state index in [1.807, 2.05) is 6.92 Å². The Balaban J connectivity index is 2.96. The minimum atomic E-state index is -0.189. The molecule has 0 radical (unpaired) electrons. The van der Waals surface area contributed by atoms with Gasteiger partial charge in [0.2, 0.25) is 0 Å². The van der Waals surface area contributed by atoms with E-state index in [1.54, 1.807) is 31.2 Å². The number of aldehydes is 1. The maximum atomic E-state index is 14.4. The molecule has 1 nitrogen and oxygen atoms in total. The molecule has 0 bridgehead atoms. The zero-order valence-electron chi connectivity index (χ0n) is 14.4. The largest absolute Gasteiger partial charge is 0.299 e. The lowest BCUT2D eigenvalue weighted by Gasteiger charge is -2.33. The topological polar surface area (TPSA) is 17.1 Å². The SMILES string of the molecule is CC1=C(/C=C(F)/C(C)=C/C=C\C(C)=C\C=O)C(C)(C)CCC1. The van der Waals surface area contributed by atoms with E-state index >= 15 is 0 Å². The third kappa shape index (κ3) is 5.25. The minimum absolute atomic E-state index is 0.0408. The normalized spacial score (nSPS) is 20.7. The number of rotatable bonds is 5. The van der Waals surface area contributed by atoms with Crippen molar-refractivity contribution >= 4 is 6.29 Å². The number of hydrogen-bond acceptors (Lipinski definition) is 1. The van der Waals surface area contributed by atoms with Gasteiger partial charge in [0.25, 0.3) is 0 Å². The van der Waals surface area contributed by atoms with E-state index < -0.39 is 0 Å². The number of carbonyl (C=O) groups is 1. The van der Waals surface area contributed by atoms with Gasteiger partial charge in [0.1, 0.15) is 12.1 Å². The fraction of sp³-hybridized carbons (Fsp3) is 0.450. The summed E-state index contributed by atoms with van der Waals surface area (Å²) in [6.07, 6.45) is 12.6. The number of allylic oxidation sites excluding steroid dienone is 10. The first-order valence-corrected chi connectivity index (χ1v) is 7.83. The molecule has 1 aliphatic rings. The molecule has 0 aliphatic heterocycles. The molecule has 0 atom stereocenters. The van der Waals surface area contributed by atoms with Crippen molar-refractivity contribution in [3.63, 3.8) is 0 Å². The van der Waals surface area contributed by atoms with Gasteiger partial charge in [-0.2, -0.15) is 0 Å². The molecule has 0 aromatic carbocycles. The van der Waals surface area contributed by atoms with Crippen molar-refractivity contribution < 1.29 is 9.18 Å². The minimum Gasteiger partial charge on any atom is -0.299 e. The molecule has 0 unspecified atom stereocenters. The summed E-state index contributed by atoms with van der Waals surface area (Å²) < 4.78 is 14.4. The molecule has 22 heavy (non-hydrogen) atoms. The number of carbonyl (C=O) groups excluding carboxylic acids is 1. The summed E-state index contributed by atoms with van der Waals surface area (Å²) in [6.45, 7) is 10.1. The molecular formula is C20H27FO. The molecule has 0 aromatic heterocycles. The Morgan fingerprint density at radius 3 is 2.50 bits per heavy atom. The molecule has 0 N–H and O–H groups in total. The Kier molecular flexibility index (Phi) is 6.73. The van der Waals surface area contributed by atoms with Gasteiger partial charge in [-0.15, -0.1) is 0 Å². The van der Waals surface area contributed by atoms with Gasteiger partial charge in [-0.3, -0.25) is 4.79 Å². The van der Waals surface area contributed by atoms with Gasteiger partial charge < -0.3 is 0 Å². The Labute approximate surface area is 134 Å². The van der Waals surface area contributed by atoms with E-state index in [2.05, 4.69) is 20.8 Å². The fourth-order valence-electron chi connectivity index (χ4n) is 2.79. The smallest absolute Gasteiger partial charge is 0.143 e. The second-order valence-corrected chi connectivity index (χ2v) is 6.68. The summed E-state index contributed by atoms with van der Waals surface area (Å²) in [4.78, 5) is 10.3. The molecule has 0 saturated carbocycles. The van der Waals surface area contributed by atoms with Crippen LogP contribution in [0.3, 0.4) is 0 Å². The van der Waals surface area contributed by atoms with Crippen molar-refractivity contribution in [1.29, 1.82) is 0 Å². The lowest BCUT2D eigenvalue weighted by molar-refractivity contribution is -0.104. The van der Waals surface area contributed by atoms with E-state index in [-0.39, 0.29) is 11.2 Å². The molecule has 1 aliphatic carbocycles. The molecule has 0 fully saturated rings. The standard InChI is InChI=1S/C20H27FO/c1-15(11-13-22)8-6-9-17(3)19(21)14-18-16(2)10-7-12-20(18,4)5/h6,8-9,11,13-14H,7,10,12H2,1-5H3/b8-6-,15-11+,17-9+,19-14-. The van der Waals surface area contributed by atoms with Gasteiger partial charge in [0.15, 0.2) is 0 Å². The maximum absolute atomic E-state index is 14.4. The lowest BCUT2D eigenvalue weighted by Crippen LogP contribution is -2.19. The highest BCUT2D eigenvalue weighted by molar-refractivity contribution is 5.66. The van der Waals surface area contributed by atoms with E-state index in [9.17, 15) is 9.18 Å². The summed E-state index contributed by atoms with van der Waals surface area (Å²) in [7, 11) is 0. The lowest BCUT2D eigenvalue weighted by atomic mass is 9.72. The van der Waals surface area contributed by atoms with Crippen LogP contribution in [0.25, 0.3) is 0 Å². The van der Waals surface area contributed by atoms with E-state index in [0.717, 1.165) is 30.3 Å². The van der Waals surface area contributed by atoms with Crippen LogP contribution in [0.15, 0.2) is 58.5 Å². The van der Waals surface area contributed by atoms with Gasteiger partial charge >= 0.3 is 0 Å². The van der Waals surface area contributed by atoms with Crippen LogP contribution >= 0.6 is 0 Å². The third-order valence-corrected chi connectivity index (χ3v) is 4.23. The summed E-state index contributed by atoms with van der Waals surface area (Å²) in [5.74, 6) is -0.189. The molecule has 0 spiro atoms. The zero-order chi connectivity index (χ0) is 16.8. The third-order valence-electron chi connectivity index (χ3n) is 4.23. The van der Waals surface area contributed by atoms with Crippen molar-refractivity contribution in [3.8, 4) is 0 Å². The molecule has 0 heterocycles. The monoisotopic (exact) mass is 302 g/mol. The van der Waals surface area contributed by atoms with Crippen molar-refractivity contribution in [1.82, 2.24) is 0 Å². The summed E-state index contributed by atoms with van der Waals surface area (Å²) in [5.41, 5.74) is 3.90. The second kappa shape index (κ2) is 8.07. The van der Waals surface area contributed by atoms with Crippen molar-refractivity contribution in [2.24, 2.45) is 5.41 Å². The molecule has 2 heteroatoms. The Morgan fingerprint density at radius 2 is 1.91 bits per heavy atom. The molecule has 1 rings (SSSR count). The van der Waals surface area contributed by atoms with Gasteiger partial charge in [-0.25, -0.2) is 4.39 Å². The maximum Gasteiger partial charge on any atom is 0.143 e. The highest BCUT2D eigenvalue weighted by atomic mass is 19.1. The van der Waals surface area contributed by atoms with E-state index in [0.29, 0.717) is 5.57 Å². The van der Waals surface area contributed by atoms with Crippen LogP contribution in [-0.2, 0) is 4.79 Å². The Morgan fingerprint density at radius 1 is 1.23 bits per heavy atom. The number of hydrogen-bond donors (Lipinski definition) is 0. The van der Waals surface area contributed by atoms with Crippen molar-refractivity contribution in [2.45, 2.75) is 53.9 Å². The van der Waals surface area contributed by atoms with Crippen LogP contribution in [0.4, 0.5) is 4.39 Å². The molecule has 0 aromatic rings. The predicted octanol–water partition coefficient (Wildman–Crippen LogP) is 6.01. The number of halogens is 1. The Hall–Kier alpha value is -1.70. The molecule has 0 amide bonds. The first-order chi connectivity index (χ1) is 10.3. The zero-order valence-corrected chi connectivity index (χ0v) is 14.4. The summed E-state index contributed by atoms with van der Waals surface area (Å²) >= 11 is 0. The predicted molar refractivity (Wildman–Crippen MR) is 92.2 cm³/mol. The first kappa shape index (κ1) is 18.3. The van der Waals surface area contributed by atoms with E-state index in [1.165, 1.54) is 18.1 Å². The Bertz CT molecular complexity index is 569. The van der Waals surface area contributed by atoms with E-state index in [4.69, 9.17) is 0 Å². The highest BCUT2D eigenvalue weighted by Gasteiger charge is 2.27. The fourth-order valence-corrected chi connectivity index (χ4v) is 2.79. The van der Waals surface area contributed by atoms with Crippen LogP contribution < -0.4 is 0 Å². The molecule has 120 valence electrons. The van der Waals surface area contributed by atoms with Gasteiger partial charge in [0.05, 0.1) is 0 Å². The van der Waals surface area contributed by atoms with Crippen LogP contribution in [0.5, 0.6) is 0 Å². The second-order valence-electron chi connectivity index (χ2n) is 6.68. The highest BCUT2D eigenvalue weighted by Crippen LogP contribution is 2.41. The van der Waals surface area contributed by atoms with Crippen LogP contribution in [-0.4, -0.2) is 6.29 Å². The molecular weight excluding hydrogens is 275 g/mol.